The van der Waals surface area contributed by atoms with E-state index in [0.717, 1.165) is 50.2 Å². The molecule has 41 heavy (non-hydrogen) atoms. The number of nitrogens with two attached hydrogens (primary N) is 1. The number of fused-ring (bicyclic) bond motifs is 1. The van der Waals surface area contributed by atoms with E-state index in [-0.39, 0.29) is 30.1 Å². The summed E-state index contributed by atoms with van der Waals surface area (Å²) in [4.78, 5) is 51.5. The lowest BCUT2D eigenvalue weighted by Crippen LogP contribution is -2.40. The summed E-state index contributed by atoms with van der Waals surface area (Å²) in [5, 5.41) is 5.80. The van der Waals surface area contributed by atoms with Crippen LogP contribution in [-0.2, 0) is 9.59 Å². The molecular formula is C31H41N7O3. The van der Waals surface area contributed by atoms with Crippen LogP contribution >= 0.6 is 0 Å². The van der Waals surface area contributed by atoms with Crippen molar-refractivity contribution in [2.75, 3.05) is 42.9 Å². The number of nitrogens with zero attached hydrogens (tertiary/aromatic N) is 4. The van der Waals surface area contributed by atoms with E-state index in [2.05, 4.69) is 39.4 Å². The van der Waals surface area contributed by atoms with E-state index in [1.54, 1.807) is 24.4 Å². The lowest BCUT2D eigenvalue weighted by atomic mass is 9.96. The van der Waals surface area contributed by atoms with E-state index < -0.39 is 0 Å². The van der Waals surface area contributed by atoms with Gasteiger partial charge in [0.1, 0.15) is 11.7 Å². The molecule has 10 nitrogen and oxygen atoms in total. The van der Waals surface area contributed by atoms with Crippen LogP contribution in [0.5, 0.6) is 0 Å². The summed E-state index contributed by atoms with van der Waals surface area (Å²) in [6.45, 7) is 9.60. The van der Waals surface area contributed by atoms with Crippen molar-refractivity contribution in [1.82, 2.24) is 15.2 Å². The quantitative estimate of drug-likeness (QED) is 0.401. The third-order valence-corrected chi connectivity index (χ3v) is 7.35. The lowest BCUT2D eigenvalue weighted by Gasteiger charge is -2.32. The van der Waals surface area contributed by atoms with E-state index in [4.69, 9.17) is 5.73 Å². The van der Waals surface area contributed by atoms with Gasteiger partial charge in [0.2, 0.25) is 11.8 Å². The number of aromatic nitrogens is 1. The molecular weight excluding hydrogens is 518 g/mol. The summed E-state index contributed by atoms with van der Waals surface area (Å²) in [5.74, 6) is 1.01. The predicted molar refractivity (Wildman–Crippen MR) is 163 cm³/mol. The third kappa shape index (κ3) is 7.50. The number of carbonyl (C=O) groups excluding carboxylic acids is 3. The zero-order valence-electron chi connectivity index (χ0n) is 24.3. The maximum atomic E-state index is 13.2. The van der Waals surface area contributed by atoms with Crippen molar-refractivity contribution in [3.63, 3.8) is 0 Å². The second-order valence-corrected chi connectivity index (χ2v) is 10.5. The van der Waals surface area contributed by atoms with Crippen molar-refractivity contribution < 1.29 is 14.4 Å². The number of amidine groups is 1. The molecule has 0 aliphatic carbocycles. The zero-order chi connectivity index (χ0) is 29.4. The van der Waals surface area contributed by atoms with Gasteiger partial charge >= 0.3 is 0 Å². The first-order valence-electron chi connectivity index (χ1n) is 14.6. The zero-order valence-corrected chi connectivity index (χ0v) is 24.3. The number of pyridine rings is 1. The van der Waals surface area contributed by atoms with E-state index in [0.29, 0.717) is 48.0 Å². The van der Waals surface area contributed by atoms with Crippen molar-refractivity contribution in [3.05, 3.63) is 53.2 Å². The molecule has 4 rings (SSSR count). The average molecular weight is 560 g/mol. The second kappa shape index (κ2) is 13.9. The molecule has 218 valence electrons. The van der Waals surface area contributed by atoms with Crippen LogP contribution in [0.15, 0.2) is 47.1 Å². The summed E-state index contributed by atoms with van der Waals surface area (Å²) >= 11 is 0. The Morgan fingerprint density at radius 2 is 1.78 bits per heavy atom. The molecule has 2 aliphatic rings. The Morgan fingerprint density at radius 1 is 1.05 bits per heavy atom. The van der Waals surface area contributed by atoms with Gasteiger partial charge in [-0.2, -0.15) is 0 Å². The molecule has 0 atom stereocenters. The number of rotatable bonds is 10. The van der Waals surface area contributed by atoms with Crippen LogP contribution in [-0.4, -0.2) is 66.2 Å². The lowest BCUT2D eigenvalue weighted by molar-refractivity contribution is -0.127. The molecule has 0 bridgehead atoms. The highest BCUT2D eigenvalue weighted by molar-refractivity contribution is 6.07. The fraction of sp³-hybridized carbons (Fsp3) is 0.452. The Labute approximate surface area is 242 Å². The Morgan fingerprint density at radius 3 is 2.41 bits per heavy atom. The summed E-state index contributed by atoms with van der Waals surface area (Å²) in [5.41, 5.74) is 9.11. The van der Waals surface area contributed by atoms with E-state index in [9.17, 15) is 14.4 Å². The number of amides is 3. The van der Waals surface area contributed by atoms with Crippen molar-refractivity contribution >= 4 is 46.8 Å². The highest BCUT2D eigenvalue weighted by Gasteiger charge is 2.25. The van der Waals surface area contributed by atoms with Crippen LogP contribution in [0, 0.1) is 5.92 Å². The SMILES string of the molecule is CCCN(CCC)C(=O)C1=Cc2ccc(C(=O)Nc3ccc(N4CCC(C(=O)NCC)CC4)nc3)cc2N=C(N)C1. The molecule has 2 aliphatic heterocycles. The number of carbonyl (C=O) groups is 3. The highest BCUT2D eigenvalue weighted by Crippen LogP contribution is 2.29. The van der Waals surface area contributed by atoms with Gasteiger partial charge in [-0.15, -0.1) is 0 Å². The number of anilines is 2. The third-order valence-electron chi connectivity index (χ3n) is 7.35. The predicted octanol–water partition coefficient (Wildman–Crippen LogP) is 4.11. The molecule has 3 heterocycles. The molecule has 0 saturated carbocycles. The number of hydrogen-bond donors (Lipinski definition) is 3. The maximum absolute atomic E-state index is 13.2. The first kappa shape index (κ1) is 29.8. The normalized spacial score (nSPS) is 15.2. The minimum absolute atomic E-state index is 0.0242. The van der Waals surface area contributed by atoms with Gasteiger partial charge in [-0.25, -0.2) is 9.98 Å². The van der Waals surface area contributed by atoms with Crippen LogP contribution in [0.3, 0.4) is 0 Å². The topological polar surface area (TPSA) is 133 Å². The van der Waals surface area contributed by atoms with Crippen molar-refractivity contribution in [2.45, 2.75) is 52.9 Å². The molecule has 10 heteroatoms. The summed E-state index contributed by atoms with van der Waals surface area (Å²) in [6, 6.07) is 8.93. The Balaban J connectivity index is 1.42. The van der Waals surface area contributed by atoms with Gasteiger partial charge in [-0.05, 0) is 62.9 Å². The number of benzene rings is 1. The second-order valence-electron chi connectivity index (χ2n) is 10.5. The average Bonchev–Trinajstić information content (AvgIpc) is 3.14. The first-order valence-corrected chi connectivity index (χ1v) is 14.6. The van der Waals surface area contributed by atoms with Crippen LogP contribution in [0.4, 0.5) is 17.2 Å². The van der Waals surface area contributed by atoms with Gasteiger partial charge in [-0.3, -0.25) is 14.4 Å². The number of aliphatic imine (C=N–C) groups is 1. The molecule has 4 N–H and O–H groups in total. The maximum Gasteiger partial charge on any atom is 0.255 e. The molecule has 3 amide bonds. The van der Waals surface area contributed by atoms with Crippen LogP contribution in [0.1, 0.15) is 68.8 Å². The summed E-state index contributed by atoms with van der Waals surface area (Å²) < 4.78 is 0. The number of piperidine rings is 1. The van der Waals surface area contributed by atoms with E-state index >= 15 is 0 Å². The van der Waals surface area contributed by atoms with Crippen LogP contribution < -0.4 is 21.3 Å². The fourth-order valence-electron chi connectivity index (χ4n) is 5.27. The minimum Gasteiger partial charge on any atom is -0.387 e. The van der Waals surface area contributed by atoms with Crippen molar-refractivity contribution in [3.8, 4) is 0 Å². The molecule has 1 aromatic heterocycles. The van der Waals surface area contributed by atoms with Crippen LogP contribution in [0.2, 0.25) is 0 Å². The molecule has 1 fully saturated rings. The van der Waals surface area contributed by atoms with Gasteiger partial charge in [0.25, 0.3) is 5.91 Å². The number of hydrogen-bond acceptors (Lipinski definition) is 7. The molecule has 1 aromatic carbocycles. The van der Waals surface area contributed by atoms with Gasteiger partial charge in [0.15, 0.2) is 0 Å². The van der Waals surface area contributed by atoms with Gasteiger partial charge in [-0.1, -0.05) is 19.9 Å². The Bertz CT molecular complexity index is 1310. The van der Waals surface area contributed by atoms with E-state index in [1.807, 2.05) is 30.0 Å². The molecule has 0 radical (unpaired) electrons. The Kier molecular flexibility index (Phi) is 10.1. The molecule has 0 unspecified atom stereocenters. The van der Waals surface area contributed by atoms with Gasteiger partial charge < -0.3 is 26.2 Å². The standard InChI is InChI=1S/C31H41N7O3/c1-4-13-38(14-5-2)31(41)24-17-22-7-8-23(18-26(22)36-27(32)19-24)30(40)35-25-9-10-28(34-20-25)37-15-11-21(12-16-37)29(39)33-6-3/h7-10,17-18,20-21H,4-6,11-16,19H2,1-3H3,(H2,32,36)(H,33,39)(H,35,40). The fourth-order valence-corrected chi connectivity index (χ4v) is 5.27. The van der Waals surface area contributed by atoms with E-state index in [1.165, 1.54) is 0 Å². The van der Waals surface area contributed by atoms with Crippen molar-refractivity contribution in [1.29, 1.82) is 0 Å². The molecule has 2 aromatic rings. The molecule has 0 spiro atoms. The van der Waals surface area contributed by atoms with Gasteiger partial charge in [0.05, 0.1) is 17.6 Å². The highest BCUT2D eigenvalue weighted by atomic mass is 16.2. The minimum atomic E-state index is -0.291. The smallest absolute Gasteiger partial charge is 0.255 e. The number of nitrogens with one attached hydrogen (secondary N) is 2. The first-order chi connectivity index (χ1) is 19.8. The summed E-state index contributed by atoms with van der Waals surface area (Å²) in [7, 11) is 0. The van der Waals surface area contributed by atoms with Crippen LogP contribution in [0.25, 0.3) is 6.08 Å². The summed E-state index contributed by atoms with van der Waals surface area (Å²) in [6.07, 6.45) is 7.09. The Hall–Kier alpha value is -4.21. The largest absolute Gasteiger partial charge is 0.387 e. The van der Waals surface area contributed by atoms with Gasteiger partial charge in [0, 0.05) is 61.8 Å². The monoisotopic (exact) mass is 559 g/mol. The molecule has 1 saturated heterocycles. The van der Waals surface area contributed by atoms with Crippen molar-refractivity contribution in [2.24, 2.45) is 16.6 Å².